The fraction of sp³-hybridized carbons (Fsp3) is 0.238. The third-order valence-electron chi connectivity index (χ3n) is 4.74. The number of fused-ring (bicyclic) bond motifs is 1. The largest absolute Gasteiger partial charge is 0.361 e. The van der Waals surface area contributed by atoms with Gasteiger partial charge in [0.05, 0.1) is 17.9 Å². The van der Waals surface area contributed by atoms with Crippen LogP contribution in [0, 0.1) is 13.8 Å². The number of carbonyl (C=O) groups is 1. The second-order valence-electron chi connectivity index (χ2n) is 7.15. The van der Waals surface area contributed by atoms with Crippen molar-refractivity contribution in [2.75, 3.05) is 0 Å². The highest BCUT2D eigenvalue weighted by atomic mass is 16.2. The van der Waals surface area contributed by atoms with Crippen molar-refractivity contribution in [2.45, 2.75) is 32.9 Å². The van der Waals surface area contributed by atoms with Crippen LogP contribution in [0.2, 0.25) is 0 Å². The summed E-state index contributed by atoms with van der Waals surface area (Å²) in [7, 11) is 0. The van der Waals surface area contributed by atoms with Crippen LogP contribution >= 0.6 is 0 Å². The Balaban J connectivity index is 1.63. The molecule has 1 unspecified atom stereocenters. The number of H-pyrrole nitrogens is 2. The Bertz CT molecular complexity index is 1220. The second-order valence-corrected chi connectivity index (χ2v) is 7.15. The predicted octanol–water partition coefficient (Wildman–Crippen LogP) is 2.16. The lowest BCUT2D eigenvalue weighted by atomic mass is 10.0. The summed E-state index contributed by atoms with van der Waals surface area (Å²) in [5.41, 5.74) is 3.34. The van der Waals surface area contributed by atoms with Gasteiger partial charge in [-0.3, -0.25) is 14.3 Å². The molecule has 8 heteroatoms. The Hall–Kier alpha value is -3.68. The number of aryl methyl sites for hydroxylation is 2. The van der Waals surface area contributed by atoms with E-state index in [1.165, 1.54) is 6.07 Å². The Kier molecular flexibility index (Phi) is 4.99. The summed E-state index contributed by atoms with van der Waals surface area (Å²) in [4.78, 5) is 35.0. The highest BCUT2D eigenvalue weighted by Gasteiger charge is 2.20. The summed E-state index contributed by atoms with van der Waals surface area (Å²) in [6.07, 6.45) is 5.95. The highest BCUT2D eigenvalue weighted by Crippen LogP contribution is 2.23. The maximum absolute atomic E-state index is 12.7. The molecule has 0 fully saturated rings. The summed E-state index contributed by atoms with van der Waals surface area (Å²) < 4.78 is 1.59. The first kappa shape index (κ1) is 18.7. The van der Waals surface area contributed by atoms with Gasteiger partial charge in [-0.15, -0.1) is 0 Å². The second kappa shape index (κ2) is 7.75. The molecule has 4 aromatic rings. The van der Waals surface area contributed by atoms with Crippen molar-refractivity contribution in [3.05, 3.63) is 81.9 Å². The number of rotatable bonds is 6. The summed E-state index contributed by atoms with van der Waals surface area (Å²) >= 11 is 0. The minimum absolute atomic E-state index is 0.0976. The van der Waals surface area contributed by atoms with Gasteiger partial charge in [0, 0.05) is 35.8 Å². The third-order valence-corrected chi connectivity index (χ3v) is 4.74. The van der Waals surface area contributed by atoms with Crippen LogP contribution in [0.4, 0.5) is 0 Å². The molecule has 1 atom stereocenters. The van der Waals surface area contributed by atoms with Crippen molar-refractivity contribution < 1.29 is 4.79 Å². The number of benzene rings is 1. The Labute approximate surface area is 167 Å². The van der Waals surface area contributed by atoms with E-state index < -0.39 is 6.04 Å². The summed E-state index contributed by atoms with van der Waals surface area (Å²) in [6, 6.07) is 8.97. The lowest BCUT2D eigenvalue weighted by Crippen LogP contribution is -2.34. The van der Waals surface area contributed by atoms with E-state index in [9.17, 15) is 9.59 Å². The zero-order valence-corrected chi connectivity index (χ0v) is 16.3. The number of aromatic nitrogens is 5. The number of para-hydroxylation sites is 1. The monoisotopic (exact) mass is 390 g/mol. The van der Waals surface area contributed by atoms with Crippen LogP contribution in [0.1, 0.15) is 28.7 Å². The van der Waals surface area contributed by atoms with Crippen LogP contribution in [-0.4, -0.2) is 30.6 Å². The fourth-order valence-corrected chi connectivity index (χ4v) is 3.47. The molecule has 3 heterocycles. The predicted molar refractivity (Wildman–Crippen MR) is 109 cm³/mol. The standard InChI is InChI=1S/C21H22N6O2/c1-13-9-23-27(11-13)12-21(29)26-18(19-8-20(28)25-14(2)24-19)7-15-10-22-17-6-4-3-5-16(15)17/h3-6,8-11,18,22H,7,12H2,1-2H3,(H,26,29)(H,24,25,28). The Morgan fingerprint density at radius 3 is 2.86 bits per heavy atom. The first-order chi connectivity index (χ1) is 14.0. The van der Waals surface area contributed by atoms with Crippen molar-refractivity contribution >= 4 is 16.8 Å². The maximum Gasteiger partial charge on any atom is 0.251 e. The molecule has 0 aliphatic carbocycles. The van der Waals surface area contributed by atoms with E-state index in [0.29, 0.717) is 17.9 Å². The number of amides is 1. The van der Waals surface area contributed by atoms with Crippen LogP contribution in [0.5, 0.6) is 0 Å². The SMILES string of the molecule is Cc1cnn(CC(=O)NC(Cc2c[nH]c3ccccc23)c2cc(=O)[nH]c(C)n2)c1. The van der Waals surface area contributed by atoms with Gasteiger partial charge in [0.25, 0.3) is 5.56 Å². The summed E-state index contributed by atoms with van der Waals surface area (Å²) in [6.45, 7) is 3.74. The fourth-order valence-electron chi connectivity index (χ4n) is 3.47. The average Bonchev–Trinajstić information content (AvgIpc) is 3.26. The number of carbonyl (C=O) groups excluding carboxylic acids is 1. The van der Waals surface area contributed by atoms with Gasteiger partial charge < -0.3 is 15.3 Å². The number of hydrogen-bond donors (Lipinski definition) is 3. The molecule has 0 saturated carbocycles. The van der Waals surface area contributed by atoms with Crippen molar-refractivity contribution in [2.24, 2.45) is 0 Å². The van der Waals surface area contributed by atoms with Crippen molar-refractivity contribution in [3.63, 3.8) is 0 Å². The molecule has 1 aromatic carbocycles. The first-order valence-corrected chi connectivity index (χ1v) is 9.39. The van der Waals surface area contributed by atoms with Gasteiger partial charge in [0.2, 0.25) is 5.91 Å². The zero-order chi connectivity index (χ0) is 20.4. The average molecular weight is 390 g/mol. The zero-order valence-electron chi connectivity index (χ0n) is 16.3. The van der Waals surface area contributed by atoms with Crippen LogP contribution in [0.15, 0.2) is 53.7 Å². The molecule has 29 heavy (non-hydrogen) atoms. The molecule has 0 radical (unpaired) electrons. The Morgan fingerprint density at radius 1 is 1.28 bits per heavy atom. The van der Waals surface area contributed by atoms with Crippen LogP contribution in [0.25, 0.3) is 10.9 Å². The molecule has 148 valence electrons. The third kappa shape index (κ3) is 4.26. The van der Waals surface area contributed by atoms with Gasteiger partial charge in [-0.2, -0.15) is 5.10 Å². The van der Waals surface area contributed by atoms with Gasteiger partial charge in [-0.1, -0.05) is 18.2 Å². The molecule has 0 aliphatic heterocycles. The quantitative estimate of drug-likeness (QED) is 0.469. The molecule has 0 saturated heterocycles. The molecule has 3 aromatic heterocycles. The Morgan fingerprint density at radius 2 is 2.10 bits per heavy atom. The van der Waals surface area contributed by atoms with Crippen molar-refractivity contribution in [1.29, 1.82) is 0 Å². The first-order valence-electron chi connectivity index (χ1n) is 9.39. The maximum atomic E-state index is 12.7. The van der Waals surface area contributed by atoms with Gasteiger partial charge in [0.15, 0.2) is 0 Å². The van der Waals surface area contributed by atoms with E-state index in [0.717, 1.165) is 22.0 Å². The molecule has 8 nitrogen and oxygen atoms in total. The molecule has 0 spiro atoms. The van der Waals surface area contributed by atoms with Crippen molar-refractivity contribution in [1.82, 2.24) is 30.0 Å². The lowest BCUT2D eigenvalue weighted by molar-refractivity contribution is -0.122. The van der Waals surface area contributed by atoms with E-state index in [-0.39, 0.29) is 18.0 Å². The molecular weight excluding hydrogens is 368 g/mol. The molecule has 3 N–H and O–H groups in total. The molecular formula is C21H22N6O2. The van der Waals surface area contributed by atoms with Gasteiger partial charge in [-0.25, -0.2) is 4.98 Å². The van der Waals surface area contributed by atoms with E-state index >= 15 is 0 Å². The van der Waals surface area contributed by atoms with Crippen LogP contribution < -0.4 is 10.9 Å². The van der Waals surface area contributed by atoms with E-state index in [1.54, 1.807) is 17.8 Å². The van der Waals surface area contributed by atoms with E-state index in [1.807, 2.05) is 43.6 Å². The molecule has 4 rings (SSSR count). The highest BCUT2D eigenvalue weighted by molar-refractivity contribution is 5.83. The number of aromatic amines is 2. The van der Waals surface area contributed by atoms with E-state index in [2.05, 4.69) is 25.4 Å². The normalized spacial score (nSPS) is 12.2. The number of hydrogen-bond acceptors (Lipinski definition) is 4. The molecule has 1 amide bonds. The topological polar surface area (TPSA) is 108 Å². The van der Waals surface area contributed by atoms with Crippen LogP contribution in [0.3, 0.4) is 0 Å². The van der Waals surface area contributed by atoms with Gasteiger partial charge >= 0.3 is 0 Å². The van der Waals surface area contributed by atoms with Crippen LogP contribution in [-0.2, 0) is 17.8 Å². The minimum Gasteiger partial charge on any atom is -0.361 e. The minimum atomic E-state index is -0.445. The van der Waals surface area contributed by atoms with Gasteiger partial charge in [0.1, 0.15) is 12.4 Å². The lowest BCUT2D eigenvalue weighted by Gasteiger charge is -2.18. The van der Waals surface area contributed by atoms with E-state index in [4.69, 9.17) is 0 Å². The smallest absolute Gasteiger partial charge is 0.251 e. The molecule has 0 aliphatic rings. The number of nitrogens with one attached hydrogen (secondary N) is 3. The molecule has 0 bridgehead atoms. The van der Waals surface area contributed by atoms with Gasteiger partial charge in [-0.05, 0) is 31.0 Å². The summed E-state index contributed by atoms with van der Waals surface area (Å²) in [5.74, 6) is 0.311. The summed E-state index contributed by atoms with van der Waals surface area (Å²) in [5, 5.41) is 8.26. The number of nitrogens with zero attached hydrogens (tertiary/aromatic N) is 3. The van der Waals surface area contributed by atoms with Crippen molar-refractivity contribution in [3.8, 4) is 0 Å².